The van der Waals surface area contributed by atoms with Gasteiger partial charge in [-0.2, -0.15) is 0 Å². The number of hydrogen-bond acceptors (Lipinski definition) is 7. The Morgan fingerprint density at radius 3 is 2.46 bits per heavy atom. The quantitative estimate of drug-likeness (QED) is 0.187. The number of anilines is 2. The van der Waals surface area contributed by atoms with E-state index in [0.29, 0.717) is 22.1 Å². The largest absolute Gasteiger partial charge is 0.483 e. The molecule has 1 aromatic heterocycles. The molecule has 5 aromatic rings. The molecule has 2 aliphatic heterocycles. The van der Waals surface area contributed by atoms with Crippen LogP contribution in [0.5, 0.6) is 5.75 Å². The summed E-state index contributed by atoms with van der Waals surface area (Å²) in [6.07, 6.45) is 0.774. The number of nitrogens with one attached hydrogen (secondary N) is 2. The third kappa shape index (κ3) is 4.57. The van der Waals surface area contributed by atoms with Crippen LogP contribution in [0.4, 0.5) is 11.4 Å². The number of carbonyl (C=O) groups is 3. The van der Waals surface area contributed by atoms with Crippen molar-refractivity contribution in [3.63, 3.8) is 0 Å². The number of nitrogens with zero attached hydrogens (tertiary/aromatic N) is 1. The summed E-state index contributed by atoms with van der Waals surface area (Å²) in [6, 6.07) is 28.1. The molecule has 9 rings (SSSR count). The van der Waals surface area contributed by atoms with Gasteiger partial charge in [0.05, 0.1) is 22.5 Å². The number of hydrogen-bond donors (Lipinski definition) is 2. The van der Waals surface area contributed by atoms with Gasteiger partial charge in [0.1, 0.15) is 5.75 Å². The van der Waals surface area contributed by atoms with Gasteiger partial charge in [0, 0.05) is 37.7 Å². The summed E-state index contributed by atoms with van der Waals surface area (Å²) in [4.78, 5) is 59.1. The highest BCUT2D eigenvalue weighted by molar-refractivity contribution is 8.00. The molecule has 48 heavy (non-hydrogen) atoms. The molecular weight excluding hydrogens is 666 g/mol. The van der Waals surface area contributed by atoms with Crippen LogP contribution in [-0.2, 0) is 14.4 Å². The second kappa shape index (κ2) is 11.4. The molecule has 240 valence electrons. The third-order valence-electron chi connectivity index (χ3n) is 10.5. The molecule has 2 saturated carbocycles. The molecule has 2 bridgehead atoms. The lowest BCUT2D eigenvalue weighted by Gasteiger charge is -2.43. The van der Waals surface area contributed by atoms with Crippen LogP contribution >= 0.6 is 34.7 Å². The van der Waals surface area contributed by atoms with Gasteiger partial charge < -0.3 is 15.0 Å². The molecule has 8 nitrogen and oxygen atoms in total. The summed E-state index contributed by atoms with van der Waals surface area (Å²) in [5, 5.41) is 6.35. The smallest absolute Gasteiger partial charge is 0.305 e. The summed E-state index contributed by atoms with van der Waals surface area (Å²) < 4.78 is 6.25. The zero-order valence-corrected chi connectivity index (χ0v) is 27.7. The highest BCUT2D eigenvalue weighted by Gasteiger charge is 2.69. The summed E-state index contributed by atoms with van der Waals surface area (Å²) in [5.41, 5.74) is 2.13. The Morgan fingerprint density at radius 1 is 0.896 bits per heavy atom. The van der Waals surface area contributed by atoms with E-state index in [1.54, 1.807) is 36.0 Å². The molecule has 3 fully saturated rings. The summed E-state index contributed by atoms with van der Waals surface area (Å²) in [5.74, 6) is -1.18. The Morgan fingerprint density at radius 2 is 1.62 bits per heavy atom. The van der Waals surface area contributed by atoms with E-state index in [0.717, 1.165) is 32.7 Å². The molecule has 0 spiro atoms. The molecule has 4 aliphatic rings. The first-order chi connectivity index (χ1) is 23.4. The lowest BCUT2D eigenvalue weighted by Crippen LogP contribution is -2.42. The van der Waals surface area contributed by atoms with Gasteiger partial charge in [-0.25, -0.2) is 0 Å². The van der Waals surface area contributed by atoms with E-state index in [2.05, 4.69) is 10.3 Å². The third-order valence-corrected chi connectivity index (χ3v) is 13.3. The fraction of sp³-hybridized carbons (Fsp3) is 0.243. The maximum absolute atomic E-state index is 14.1. The number of thiazole rings is 1. The minimum atomic E-state index is -0.431. The highest BCUT2D eigenvalue weighted by Crippen LogP contribution is 2.69. The number of carbonyl (C=O) groups excluding carboxylic acids is 3. The average molecular weight is 694 g/mol. The molecule has 0 radical (unpaired) electrons. The van der Waals surface area contributed by atoms with Crippen molar-refractivity contribution in [3.05, 3.63) is 116 Å². The van der Waals surface area contributed by atoms with Gasteiger partial charge in [-0.15, -0.1) is 11.8 Å². The maximum atomic E-state index is 14.1. The number of amides is 3. The number of aromatic nitrogens is 1. The number of para-hydroxylation sites is 1. The van der Waals surface area contributed by atoms with E-state index >= 15 is 0 Å². The van der Waals surface area contributed by atoms with Gasteiger partial charge in [0.25, 0.3) is 5.91 Å². The Labute approximate surface area is 288 Å². The van der Waals surface area contributed by atoms with Gasteiger partial charge in [-0.1, -0.05) is 77.5 Å². The van der Waals surface area contributed by atoms with Gasteiger partial charge in [-0.05, 0) is 66.0 Å². The van der Waals surface area contributed by atoms with Crippen LogP contribution in [-0.4, -0.2) is 34.6 Å². The number of H-pyrrole nitrogens is 1. The first-order valence-electron chi connectivity index (χ1n) is 15.9. The molecule has 2 aliphatic carbocycles. The molecule has 2 N–H and O–H groups in total. The second-order valence-electron chi connectivity index (χ2n) is 12.9. The van der Waals surface area contributed by atoms with E-state index < -0.39 is 11.8 Å². The van der Waals surface area contributed by atoms with Gasteiger partial charge in [-0.3, -0.25) is 24.1 Å². The van der Waals surface area contributed by atoms with Crippen molar-refractivity contribution in [1.29, 1.82) is 0 Å². The fourth-order valence-electron chi connectivity index (χ4n) is 8.74. The zero-order chi connectivity index (χ0) is 32.7. The molecule has 3 amide bonds. The van der Waals surface area contributed by atoms with E-state index in [1.165, 1.54) is 16.2 Å². The van der Waals surface area contributed by atoms with E-state index in [4.69, 9.17) is 16.3 Å². The van der Waals surface area contributed by atoms with E-state index in [-0.39, 0.29) is 58.1 Å². The van der Waals surface area contributed by atoms with E-state index in [9.17, 15) is 19.2 Å². The van der Waals surface area contributed by atoms with Crippen molar-refractivity contribution in [2.24, 2.45) is 29.6 Å². The Balaban J connectivity index is 1.03. The van der Waals surface area contributed by atoms with Crippen molar-refractivity contribution in [3.8, 4) is 5.75 Å². The van der Waals surface area contributed by atoms with Crippen molar-refractivity contribution in [1.82, 2.24) is 4.98 Å². The normalized spacial score (nSPS) is 26.8. The van der Waals surface area contributed by atoms with Crippen LogP contribution in [0.2, 0.25) is 5.02 Å². The monoisotopic (exact) mass is 693 g/mol. The fourth-order valence-corrected chi connectivity index (χ4v) is 11.7. The van der Waals surface area contributed by atoms with Crippen LogP contribution < -0.4 is 19.8 Å². The second-order valence-corrected chi connectivity index (χ2v) is 15.5. The summed E-state index contributed by atoms with van der Waals surface area (Å²) >= 11 is 8.93. The molecule has 4 aromatic carbocycles. The first-order valence-corrected chi connectivity index (χ1v) is 18.0. The minimum absolute atomic E-state index is 0.00335. The van der Waals surface area contributed by atoms with Crippen molar-refractivity contribution in [2.45, 2.75) is 22.6 Å². The zero-order valence-electron chi connectivity index (χ0n) is 25.3. The van der Waals surface area contributed by atoms with Gasteiger partial charge in [0.2, 0.25) is 11.8 Å². The summed E-state index contributed by atoms with van der Waals surface area (Å²) in [6.45, 7) is -0.203. The lowest BCUT2D eigenvalue weighted by molar-refractivity contribution is -0.123. The Bertz CT molecular complexity index is 2190. The number of thioether (sulfide) groups is 1. The molecule has 3 heterocycles. The molecule has 1 saturated heterocycles. The molecule has 0 unspecified atom stereocenters. The highest BCUT2D eigenvalue weighted by atomic mass is 35.5. The SMILES string of the molecule is O=C(COc1ccccc1[C@@H]1c2sc(=O)[nH]c2S[C@@H]2[C@@H]3C[C@@H]([C@@H]4C(=O)N(c5ccc(Cl)cc5)C(=O)[C@@H]34)[C@H]12)Nc1cccc2ccccc12. The number of ether oxygens (including phenoxy) is 1. The predicted octanol–water partition coefficient (Wildman–Crippen LogP) is 6.94. The van der Waals surface area contributed by atoms with Gasteiger partial charge >= 0.3 is 4.87 Å². The number of rotatable bonds is 6. The van der Waals surface area contributed by atoms with Crippen molar-refractivity contribution < 1.29 is 19.1 Å². The van der Waals surface area contributed by atoms with Crippen LogP contribution in [0.3, 0.4) is 0 Å². The van der Waals surface area contributed by atoms with E-state index in [1.807, 2.05) is 66.7 Å². The van der Waals surface area contributed by atoms with Crippen LogP contribution in [0, 0.1) is 29.6 Å². The predicted molar refractivity (Wildman–Crippen MR) is 187 cm³/mol. The topological polar surface area (TPSA) is 109 Å². The maximum Gasteiger partial charge on any atom is 0.305 e. The number of halogens is 1. The minimum Gasteiger partial charge on any atom is -0.483 e. The van der Waals surface area contributed by atoms with Crippen LogP contribution in [0.25, 0.3) is 10.8 Å². The van der Waals surface area contributed by atoms with Crippen LogP contribution in [0.15, 0.2) is 101 Å². The molecule has 11 heteroatoms. The Hall–Kier alpha value is -4.38. The standard InChI is InChI=1S/C37H28ClN3O5S2/c38-19-12-14-20(15-13-19)41-35(43)30-23-16-24(31(30)36(41)44)32-29(23)28(33-34(47-32)40-37(45)48-33)22-9-3-4-11-26(22)46-17-27(42)39-25-10-5-7-18-6-1-2-8-21(18)25/h1-15,23-24,28-32H,16-17H2,(H,39,42)(H,40,45)/t23-,24-,28+,29-,30+,31+,32-/m1/s1. The summed E-state index contributed by atoms with van der Waals surface area (Å²) in [7, 11) is 0. The number of imide groups is 1. The lowest BCUT2D eigenvalue weighted by atomic mass is 9.68. The van der Waals surface area contributed by atoms with Crippen LogP contribution in [0.1, 0.15) is 22.8 Å². The van der Waals surface area contributed by atoms with Crippen molar-refractivity contribution >= 4 is 74.6 Å². The van der Waals surface area contributed by atoms with Gasteiger partial charge in [0.15, 0.2) is 6.61 Å². The average Bonchev–Trinajstić information content (AvgIpc) is 3.83. The molecule has 7 atom stereocenters. The van der Waals surface area contributed by atoms with Crippen molar-refractivity contribution in [2.75, 3.05) is 16.8 Å². The first kappa shape index (κ1) is 29.7. The number of benzene rings is 4. The number of fused-ring (bicyclic) bond motifs is 10. The molecular formula is C37H28ClN3O5S2. The number of aromatic amines is 1. The Kier molecular flexibility index (Phi) is 7.04.